The summed E-state index contributed by atoms with van der Waals surface area (Å²) in [5.41, 5.74) is -0.0571. The minimum Gasteiger partial charge on any atom is -0.483 e. The molecule has 1 heterocycles. The van der Waals surface area contributed by atoms with Crippen LogP contribution in [0.3, 0.4) is 0 Å². The molecule has 0 radical (unpaired) electrons. The fourth-order valence-electron chi connectivity index (χ4n) is 2.18. The largest absolute Gasteiger partial charge is 0.483 e. The van der Waals surface area contributed by atoms with E-state index < -0.39 is 23.2 Å². The van der Waals surface area contributed by atoms with Gasteiger partial charge in [-0.05, 0) is 37.3 Å². The highest BCUT2D eigenvalue weighted by Gasteiger charge is 2.22. The van der Waals surface area contributed by atoms with Crippen molar-refractivity contribution < 1.29 is 23.0 Å². The lowest BCUT2D eigenvalue weighted by Crippen LogP contribution is -2.11. The molecule has 0 bridgehead atoms. The van der Waals surface area contributed by atoms with E-state index in [4.69, 9.17) is 16.3 Å². The Balaban J connectivity index is 1.82. The lowest BCUT2D eigenvalue weighted by atomic mass is 10.2. The average molecular weight is 384 g/mol. The summed E-state index contributed by atoms with van der Waals surface area (Å²) < 4.78 is 39.0. The molecule has 0 saturated heterocycles. The minimum absolute atomic E-state index is 0.0110. The van der Waals surface area contributed by atoms with Gasteiger partial charge in [0.2, 0.25) is 0 Å². The standard InChI is InChI=1S/C17H12ClF2NO3S/c1-2-23-17(22)15-10(19)4-5-12(16(15)20)24-8-14-21-11-7-9(18)3-6-13(11)25-14/h3-7H,2,8H2,1H3. The van der Waals surface area contributed by atoms with Crippen LogP contribution in [-0.4, -0.2) is 17.6 Å². The average Bonchev–Trinajstić information content (AvgIpc) is 2.96. The number of benzene rings is 2. The highest BCUT2D eigenvalue weighted by Crippen LogP contribution is 2.28. The predicted octanol–water partition coefficient (Wildman–Crippen LogP) is 4.98. The summed E-state index contributed by atoms with van der Waals surface area (Å²) in [6.07, 6.45) is 0. The zero-order chi connectivity index (χ0) is 18.0. The highest BCUT2D eigenvalue weighted by molar-refractivity contribution is 7.18. The van der Waals surface area contributed by atoms with E-state index in [0.717, 1.165) is 16.8 Å². The Bertz CT molecular complexity index is 945. The van der Waals surface area contributed by atoms with E-state index >= 15 is 0 Å². The number of hydrogen-bond acceptors (Lipinski definition) is 5. The number of carbonyl (C=O) groups excluding carboxylic acids is 1. The Morgan fingerprint density at radius 1 is 1.28 bits per heavy atom. The smallest absolute Gasteiger partial charge is 0.344 e. The molecule has 0 N–H and O–H groups in total. The molecule has 0 aliphatic carbocycles. The Morgan fingerprint density at radius 3 is 2.84 bits per heavy atom. The van der Waals surface area contributed by atoms with Crippen LogP contribution in [0.4, 0.5) is 8.78 Å². The van der Waals surface area contributed by atoms with Gasteiger partial charge in [0.1, 0.15) is 23.0 Å². The van der Waals surface area contributed by atoms with Crippen LogP contribution in [0.25, 0.3) is 10.2 Å². The van der Waals surface area contributed by atoms with Crippen LogP contribution in [0.15, 0.2) is 30.3 Å². The van der Waals surface area contributed by atoms with Crippen molar-refractivity contribution in [1.82, 2.24) is 4.98 Å². The topological polar surface area (TPSA) is 48.4 Å². The van der Waals surface area contributed by atoms with Gasteiger partial charge in [0, 0.05) is 5.02 Å². The van der Waals surface area contributed by atoms with Crippen LogP contribution in [0, 0.1) is 11.6 Å². The molecular weight excluding hydrogens is 372 g/mol. The number of fused-ring (bicyclic) bond motifs is 1. The first kappa shape index (κ1) is 17.6. The van der Waals surface area contributed by atoms with E-state index in [1.165, 1.54) is 11.3 Å². The Hall–Kier alpha value is -2.25. The summed E-state index contributed by atoms with van der Waals surface area (Å²) in [4.78, 5) is 16.0. The van der Waals surface area contributed by atoms with Crippen LogP contribution in [-0.2, 0) is 11.3 Å². The molecule has 0 amide bonds. The number of nitrogens with zero attached hydrogens (tertiary/aromatic N) is 1. The SMILES string of the molecule is CCOC(=O)c1c(F)ccc(OCc2nc3cc(Cl)ccc3s2)c1F. The second kappa shape index (κ2) is 7.33. The van der Waals surface area contributed by atoms with Crippen molar-refractivity contribution in [3.63, 3.8) is 0 Å². The van der Waals surface area contributed by atoms with Crippen LogP contribution in [0.1, 0.15) is 22.3 Å². The van der Waals surface area contributed by atoms with E-state index in [0.29, 0.717) is 15.5 Å². The second-order valence-electron chi connectivity index (χ2n) is 4.96. The molecule has 25 heavy (non-hydrogen) atoms. The van der Waals surface area contributed by atoms with E-state index in [2.05, 4.69) is 9.72 Å². The van der Waals surface area contributed by atoms with Gasteiger partial charge in [-0.2, -0.15) is 0 Å². The first-order valence-electron chi connectivity index (χ1n) is 7.32. The number of ether oxygens (including phenoxy) is 2. The Morgan fingerprint density at radius 2 is 2.08 bits per heavy atom. The summed E-state index contributed by atoms with van der Waals surface area (Å²) in [5.74, 6) is -3.42. The first-order chi connectivity index (χ1) is 12.0. The summed E-state index contributed by atoms with van der Waals surface area (Å²) in [7, 11) is 0. The third-order valence-electron chi connectivity index (χ3n) is 3.28. The van der Waals surface area contributed by atoms with E-state index in [1.807, 2.05) is 6.07 Å². The molecule has 0 spiro atoms. The number of aromatic nitrogens is 1. The maximum absolute atomic E-state index is 14.4. The van der Waals surface area contributed by atoms with Crippen LogP contribution in [0.5, 0.6) is 5.75 Å². The van der Waals surface area contributed by atoms with Gasteiger partial charge in [0.25, 0.3) is 0 Å². The predicted molar refractivity (Wildman–Crippen MR) is 91.3 cm³/mol. The molecular formula is C17H12ClF2NO3S. The molecule has 1 aromatic heterocycles. The Kier molecular flexibility index (Phi) is 5.15. The van der Waals surface area contributed by atoms with Crippen LogP contribution < -0.4 is 4.74 Å². The van der Waals surface area contributed by atoms with Crippen molar-refractivity contribution in [2.75, 3.05) is 6.61 Å². The zero-order valence-electron chi connectivity index (χ0n) is 13.0. The monoisotopic (exact) mass is 383 g/mol. The van der Waals surface area contributed by atoms with Gasteiger partial charge in [-0.1, -0.05) is 11.6 Å². The molecule has 130 valence electrons. The number of rotatable bonds is 5. The van der Waals surface area contributed by atoms with Gasteiger partial charge in [0.05, 0.1) is 16.8 Å². The van der Waals surface area contributed by atoms with E-state index in [1.54, 1.807) is 19.1 Å². The lowest BCUT2D eigenvalue weighted by Gasteiger charge is -2.09. The van der Waals surface area contributed by atoms with Gasteiger partial charge in [0.15, 0.2) is 11.6 Å². The van der Waals surface area contributed by atoms with Crippen molar-refractivity contribution >= 4 is 39.1 Å². The molecule has 2 aromatic carbocycles. The second-order valence-corrected chi connectivity index (χ2v) is 6.51. The van der Waals surface area contributed by atoms with E-state index in [-0.39, 0.29) is 19.0 Å². The molecule has 3 rings (SSSR count). The number of carbonyl (C=O) groups is 1. The normalized spacial score (nSPS) is 10.9. The van der Waals surface area contributed by atoms with Crippen molar-refractivity contribution in [1.29, 1.82) is 0 Å². The number of hydrogen-bond donors (Lipinski definition) is 0. The number of esters is 1. The van der Waals surface area contributed by atoms with Gasteiger partial charge in [-0.15, -0.1) is 11.3 Å². The minimum atomic E-state index is -1.09. The molecule has 3 aromatic rings. The highest BCUT2D eigenvalue weighted by atomic mass is 35.5. The van der Waals surface area contributed by atoms with Crippen LogP contribution >= 0.6 is 22.9 Å². The molecule has 0 aliphatic heterocycles. The molecule has 8 heteroatoms. The van der Waals surface area contributed by atoms with Crippen molar-refractivity contribution in [3.8, 4) is 5.75 Å². The number of thiazole rings is 1. The molecule has 0 atom stereocenters. The lowest BCUT2D eigenvalue weighted by molar-refractivity contribution is 0.0514. The Labute approximate surface area is 151 Å². The fourth-order valence-corrected chi connectivity index (χ4v) is 3.21. The van der Waals surface area contributed by atoms with Crippen molar-refractivity contribution in [2.24, 2.45) is 0 Å². The molecule has 0 aliphatic rings. The van der Waals surface area contributed by atoms with Crippen molar-refractivity contribution in [3.05, 3.63) is 57.6 Å². The van der Waals surface area contributed by atoms with Gasteiger partial charge >= 0.3 is 5.97 Å². The van der Waals surface area contributed by atoms with Gasteiger partial charge in [-0.25, -0.2) is 18.6 Å². The maximum Gasteiger partial charge on any atom is 0.344 e. The van der Waals surface area contributed by atoms with Crippen LogP contribution in [0.2, 0.25) is 5.02 Å². The van der Waals surface area contributed by atoms with Gasteiger partial charge < -0.3 is 9.47 Å². The maximum atomic E-state index is 14.4. The summed E-state index contributed by atoms with van der Waals surface area (Å²) >= 11 is 7.28. The summed E-state index contributed by atoms with van der Waals surface area (Å²) in [5, 5.41) is 1.16. The first-order valence-corrected chi connectivity index (χ1v) is 8.52. The van der Waals surface area contributed by atoms with E-state index in [9.17, 15) is 13.6 Å². The molecule has 0 fully saturated rings. The third-order valence-corrected chi connectivity index (χ3v) is 4.53. The number of halogens is 3. The molecule has 0 saturated carbocycles. The van der Waals surface area contributed by atoms with Crippen molar-refractivity contribution in [2.45, 2.75) is 13.5 Å². The summed E-state index contributed by atoms with van der Waals surface area (Å²) in [6.45, 7) is 1.53. The molecule has 4 nitrogen and oxygen atoms in total. The van der Waals surface area contributed by atoms with Gasteiger partial charge in [-0.3, -0.25) is 0 Å². The third kappa shape index (κ3) is 3.72. The summed E-state index contributed by atoms with van der Waals surface area (Å²) in [6, 6.07) is 7.38. The fraction of sp³-hybridized carbons (Fsp3) is 0.176. The molecule has 0 unspecified atom stereocenters. The zero-order valence-corrected chi connectivity index (χ0v) is 14.6. The quantitative estimate of drug-likeness (QED) is 0.583.